The zero-order chi connectivity index (χ0) is 20.7. The van der Waals surface area contributed by atoms with E-state index in [9.17, 15) is 14.9 Å². The van der Waals surface area contributed by atoms with Crippen LogP contribution in [0.2, 0.25) is 0 Å². The Balaban J connectivity index is 1.98. The van der Waals surface area contributed by atoms with Gasteiger partial charge in [-0.25, -0.2) is 4.79 Å². The first-order valence-electron chi connectivity index (χ1n) is 8.68. The molecule has 0 heterocycles. The van der Waals surface area contributed by atoms with Gasteiger partial charge in [-0.2, -0.15) is 4.99 Å². The van der Waals surface area contributed by atoms with Crippen LogP contribution in [0.25, 0.3) is 0 Å². The molecule has 2 N–H and O–H groups in total. The average Bonchev–Trinajstić information content (AvgIpc) is 2.60. The number of nitrogens with two attached hydrogens (primary N) is 1. The van der Waals surface area contributed by atoms with Gasteiger partial charge in [0, 0.05) is 18.1 Å². The second-order valence-corrected chi connectivity index (χ2v) is 7.03. The first kappa shape index (κ1) is 20.9. The van der Waals surface area contributed by atoms with Crippen molar-refractivity contribution in [2.75, 3.05) is 6.61 Å². The molecule has 0 aliphatic rings. The lowest BCUT2D eigenvalue weighted by Crippen LogP contribution is -2.24. The largest absolute Gasteiger partial charge is 0.493 e. The van der Waals surface area contributed by atoms with Gasteiger partial charge in [0.2, 0.25) is 0 Å². The quantitative estimate of drug-likeness (QED) is 0.349. The number of rotatable bonds is 6. The van der Waals surface area contributed by atoms with Crippen molar-refractivity contribution in [1.82, 2.24) is 0 Å². The van der Waals surface area contributed by atoms with Crippen LogP contribution in [0.3, 0.4) is 0 Å². The number of carbonyl (C=O) groups excluding carboxylic acids is 1. The highest BCUT2D eigenvalue weighted by atomic mass is 16.6. The summed E-state index contributed by atoms with van der Waals surface area (Å²) in [5.74, 6) is 0.493. The third-order valence-electron chi connectivity index (χ3n) is 3.52. The minimum absolute atomic E-state index is 0.0226. The summed E-state index contributed by atoms with van der Waals surface area (Å²) >= 11 is 0. The number of hydrogen-bond donors (Lipinski definition) is 1. The van der Waals surface area contributed by atoms with Gasteiger partial charge >= 0.3 is 6.09 Å². The number of carbonyl (C=O) groups is 1. The molecule has 0 aromatic heterocycles. The van der Waals surface area contributed by atoms with E-state index in [1.165, 1.54) is 12.1 Å². The fourth-order valence-corrected chi connectivity index (χ4v) is 2.31. The molecule has 0 fully saturated rings. The molecule has 0 bridgehead atoms. The van der Waals surface area contributed by atoms with Crippen LogP contribution in [0.1, 0.15) is 31.9 Å². The highest BCUT2D eigenvalue weighted by molar-refractivity contribution is 6.02. The Bertz CT molecular complexity index is 887. The monoisotopic (exact) mass is 385 g/mol. The number of nitro benzene ring substituents is 1. The molecule has 8 heteroatoms. The minimum atomic E-state index is -0.746. The Morgan fingerprint density at radius 2 is 1.89 bits per heavy atom. The predicted molar refractivity (Wildman–Crippen MR) is 106 cm³/mol. The van der Waals surface area contributed by atoms with Gasteiger partial charge < -0.3 is 15.2 Å². The molecular formula is C20H23N3O5. The molecule has 0 saturated carbocycles. The first-order valence-corrected chi connectivity index (χ1v) is 8.68. The molecule has 8 nitrogen and oxygen atoms in total. The number of benzene rings is 2. The van der Waals surface area contributed by atoms with E-state index in [1.54, 1.807) is 51.1 Å². The molecule has 28 heavy (non-hydrogen) atoms. The van der Waals surface area contributed by atoms with Crippen molar-refractivity contribution in [3.05, 3.63) is 69.8 Å². The summed E-state index contributed by atoms with van der Waals surface area (Å²) in [5, 5.41) is 10.8. The normalized spacial score (nSPS) is 11.8. The maximum absolute atomic E-state index is 11.8. The molecule has 2 rings (SSSR count). The SMILES string of the molecule is CC(C)(C)OC(=O)N=C(N)c1cccc(CCOc2cccc([N+](=O)[O-])c2)c1. The Labute approximate surface area is 163 Å². The van der Waals surface area contributed by atoms with Crippen LogP contribution in [-0.4, -0.2) is 29.1 Å². The van der Waals surface area contributed by atoms with E-state index in [4.69, 9.17) is 15.2 Å². The average molecular weight is 385 g/mol. The molecule has 0 aliphatic carbocycles. The zero-order valence-electron chi connectivity index (χ0n) is 16.0. The van der Waals surface area contributed by atoms with Crippen molar-refractivity contribution in [2.45, 2.75) is 32.8 Å². The number of nitro groups is 1. The molecule has 0 spiro atoms. The maximum atomic E-state index is 11.8. The van der Waals surface area contributed by atoms with Crippen LogP contribution in [0, 0.1) is 10.1 Å². The third kappa shape index (κ3) is 6.71. The number of aliphatic imine (C=N–C) groups is 1. The lowest BCUT2D eigenvalue weighted by Gasteiger charge is -2.17. The van der Waals surface area contributed by atoms with Crippen molar-refractivity contribution < 1.29 is 19.2 Å². The maximum Gasteiger partial charge on any atom is 0.436 e. The molecule has 0 aliphatic heterocycles. The molecule has 2 aromatic rings. The second kappa shape index (κ2) is 8.98. The van der Waals surface area contributed by atoms with E-state index in [0.717, 1.165) is 5.56 Å². The fourth-order valence-electron chi connectivity index (χ4n) is 2.31. The minimum Gasteiger partial charge on any atom is -0.493 e. The summed E-state index contributed by atoms with van der Waals surface area (Å²) in [6.45, 7) is 5.57. The Hall–Kier alpha value is -3.42. The molecule has 1 amide bonds. The highest BCUT2D eigenvalue weighted by Gasteiger charge is 2.16. The molecule has 0 saturated heterocycles. The molecule has 148 valence electrons. The Kier molecular flexibility index (Phi) is 6.70. The van der Waals surface area contributed by atoms with Crippen molar-refractivity contribution >= 4 is 17.6 Å². The molecular weight excluding hydrogens is 362 g/mol. The van der Waals surface area contributed by atoms with Crippen LogP contribution < -0.4 is 10.5 Å². The lowest BCUT2D eigenvalue weighted by atomic mass is 10.1. The fraction of sp³-hybridized carbons (Fsp3) is 0.300. The Morgan fingerprint density at radius 1 is 1.18 bits per heavy atom. The number of amidine groups is 1. The van der Waals surface area contributed by atoms with Gasteiger partial charge in [-0.15, -0.1) is 0 Å². The van der Waals surface area contributed by atoms with E-state index in [1.807, 2.05) is 6.07 Å². The van der Waals surface area contributed by atoms with Crippen LogP contribution in [-0.2, 0) is 11.2 Å². The standard InChI is InChI=1S/C20H23N3O5/c1-20(2,3)28-19(24)22-18(21)15-7-4-6-14(12-15)10-11-27-17-9-5-8-16(13-17)23(25)26/h4-9,12-13H,10-11H2,1-3H3,(H2,21,22,24). The van der Waals surface area contributed by atoms with Gasteiger partial charge in [0.1, 0.15) is 17.2 Å². The number of hydrogen-bond acceptors (Lipinski definition) is 5. The van der Waals surface area contributed by atoms with Crippen LogP contribution in [0.4, 0.5) is 10.5 Å². The van der Waals surface area contributed by atoms with E-state index in [0.29, 0.717) is 24.3 Å². The van der Waals surface area contributed by atoms with E-state index in [-0.39, 0.29) is 11.5 Å². The number of nitrogens with zero attached hydrogens (tertiary/aromatic N) is 2. The number of non-ortho nitro benzene ring substituents is 1. The van der Waals surface area contributed by atoms with Gasteiger partial charge in [-0.05, 0) is 38.5 Å². The topological polar surface area (TPSA) is 117 Å². The zero-order valence-corrected chi connectivity index (χ0v) is 16.0. The smallest absolute Gasteiger partial charge is 0.436 e. The molecule has 2 aromatic carbocycles. The summed E-state index contributed by atoms with van der Waals surface area (Å²) in [6, 6.07) is 13.3. The van der Waals surface area contributed by atoms with Gasteiger partial charge in [0.15, 0.2) is 0 Å². The number of ether oxygens (including phenoxy) is 2. The van der Waals surface area contributed by atoms with Crippen molar-refractivity contribution in [1.29, 1.82) is 0 Å². The van der Waals surface area contributed by atoms with E-state index < -0.39 is 16.6 Å². The molecule has 0 radical (unpaired) electrons. The molecule has 0 unspecified atom stereocenters. The van der Waals surface area contributed by atoms with Crippen molar-refractivity contribution in [2.24, 2.45) is 10.7 Å². The van der Waals surface area contributed by atoms with Crippen LogP contribution >= 0.6 is 0 Å². The van der Waals surface area contributed by atoms with E-state index >= 15 is 0 Å². The van der Waals surface area contributed by atoms with Gasteiger partial charge in [-0.3, -0.25) is 10.1 Å². The van der Waals surface area contributed by atoms with Crippen molar-refractivity contribution in [3.8, 4) is 5.75 Å². The van der Waals surface area contributed by atoms with Gasteiger partial charge in [-0.1, -0.05) is 24.3 Å². The van der Waals surface area contributed by atoms with Crippen LogP contribution in [0.5, 0.6) is 5.75 Å². The molecule has 0 atom stereocenters. The summed E-state index contributed by atoms with van der Waals surface area (Å²) < 4.78 is 10.7. The van der Waals surface area contributed by atoms with Gasteiger partial charge in [0.05, 0.1) is 17.6 Å². The number of amides is 1. The Morgan fingerprint density at radius 3 is 2.57 bits per heavy atom. The highest BCUT2D eigenvalue weighted by Crippen LogP contribution is 2.19. The third-order valence-corrected chi connectivity index (χ3v) is 3.52. The van der Waals surface area contributed by atoms with E-state index in [2.05, 4.69) is 4.99 Å². The first-order chi connectivity index (χ1) is 13.1. The summed E-state index contributed by atoms with van der Waals surface area (Å²) in [4.78, 5) is 25.9. The second-order valence-electron chi connectivity index (χ2n) is 7.03. The van der Waals surface area contributed by atoms with Crippen molar-refractivity contribution in [3.63, 3.8) is 0 Å². The predicted octanol–water partition coefficient (Wildman–Crippen LogP) is 3.86. The lowest BCUT2D eigenvalue weighted by molar-refractivity contribution is -0.384. The van der Waals surface area contributed by atoms with Gasteiger partial charge in [0.25, 0.3) is 5.69 Å². The summed E-state index contributed by atoms with van der Waals surface area (Å²) in [6.07, 6.45) is -0.194. The summed E-state index contributed by atoms with van der Waals surface area (Å²) in [7, 11) is 0. The summed E-state index contributed by atoms with van der Waals surface area (Å²) in [5.41, 5.74) is 6.75. The van der Waals surface area contributed by atoms with Crippen LogP contribution in [0.15, 0.2) is 53.5 Å².